The molecule has 0 aliphatic rings. The third-order valence-electron chi connectivity index (χ3n) is 5.41. The Morgan fingerprint density at radius 2 is 1.85 bits per heavy atom. The molecule has 0 spiro atoms. The lowest BCUT2D eigenvalue weighted by Gasteiger charge is -2.10. The lowest BCUT2D eigenvalue weighted by molar-refractivity contribution is 0.0599. The van der Waals surface area contributed by atoms with Gasteiger partial charge in [-0.15, -0.1) is 15.3 Å². The highest BCUT2D eigenvalue weighted by molar-refractivity contribution is 5.90. The molecule has 0 unspecified atom stereocenters. The van der Waals surface area contributed by atoms with Crippen LogP contribution >= 0.6 is 0 Å². The molecule has 34 heavy (non-hydrogen) atoms. The van der Waals surface area contributed by atoms with Crippen molar-refractivity contribution in [2.45, 2.75) is 0 Å². The van der Waals surface area contributed by atoms with Crippen molar-refractivity contribution < 1.29 is 18.7 Å². The fourth-order valence-corrected chi connectivity index (χ4v) is 3.76. The number of methoxy groups -OCH3 is 2. The van der Waals surface area contributed by atoms with Gasteiger partial charge in [-0.3, -0.25) is 0 Å². The molecule has 0 atom stereocenters. The van der Waals surface area contributed by atoms with Crippen molar-refractivity contribution in [1.82, 2.24) is 29.4 Å². The number of carbonyl (C=O) groups excluding carboxylic acids is 1. The van der Waals surface area contributed by atoms with Gasteiger partial charge in [0.05, 0.1) is 19.8 Å². The summed E-state index contributed by atoms with van der Waals surface area (Å²) in [5.41, 5.74) is 3.71. The largest absolute Gasteiger partial charge is 0.493 e. The second kappa shape index (κ2) is 8.39. The van der Waals surface area contributed by atoms with Gasteiger partial charge < -0.3 is 14.0 Å². The normalized spacial score (nSPS) is 11.1. The Labute approximate surface area is 193 Å². The highest BCUT2D eigenvalue weighted by Crippen LogP contribution is 2.33. The number of ether oxygens (including phenoxy) is 2. The van der Waals surface area contributed by atoms with Crippen molar-refractivity contribution >= 4 is 11.6 Å². The van der Waals surface area contributed by atoms with E-state index in [1.54, 1.807) is 30.1 Å². The van der Waals surface area contributed by atoms with Gasteiger partial charge in [0.25, 0.3) is 0 Å². The van der Waals surface area contributed by atoms with Crippen LogP contribution in [0, 0.1) is 5.82 Å². The molecule has 0 aliphatic heterocycles. The Morgan fingerprint density at radius 3 is 2.59 bits per heavy atom. The molecule has 3 heterocycles. The number of nitrogens with zero attached hydrogens (tertiary/aromatic N) is 6. The smallest absolute Gasteiger partial charge is 0.339 e. The number of esters is 1. The first kappa shape index (κ1) is 21.3. The van der Waals surface area contributed by atoms with Crippen LogP contribution in [0.1, 0.15) is 10.4 Å². The van der Waals surface area contributed by atoms with E-state index in [2.05, 4.69) is 20.3 Å². The third kappa shape index (κ3) is 3.64. The molecule has 0 amide bonds. The van der Waals surface area contributed by atoms with Crippen molar-refractivity contribution in [2.24, 2.45) is 7.05 Å². The standard InChI is InChI=1S/C24H19FN6O3/c1-30-13-26-28-22(30)19-11-17(25)7-8-18(19)14-5-4-6-15(9-14)21-27-23-20(33-2)10-16(24(32)34-3)12-31(23)29-21/h4-13H,1-3H3. The van der Waals surface area contributed by atoms with E-state index < -0.39 is 5.97 Å². The highest BCUT2D eigenvalue weighted by Gasteiger charge is 2.18. The van der Waals surface area contributed by atoms with Crippen LogP contribution in [0.3, 0.4) is 0 Å². The number of carbonyl (C=O) groups is 1. The molecule has 5 aromatic rings. The van der Waals surface area contributed by atoms with Crippen molar-refractivity contribution in [3.8, 4) is 39.7 Å². The van der Waals surface area contributed by atoms with E-state index in [-0.39, 0.29) is 11.4 Å². The summed E-state index contributed by atoms with van der Waals surface area (Å²) < 4.78 is 27.5. The number of aryl methyl sites for hydroxylation is 1. The summed E-state index contributed by atoms with van der Waals surface area (Å²) in [4.78, 5) is 16.6. The molecule has 0 fully saturated rings. The monoisotopic (exact) mass is 458 g/mol. The zero-order valence-electron chi connectivity index (χ0n) is 18.6. The van der Waals surface area contributed by atoms with E-state index in [9.17, 15) is 9.18 Å². The number of rotatable bonds is 5. The summed E-state index contributed by atoms with van der Waals surface area (Å²) in [6.07, 6.45) is 3.10. The van der Waals surface area contributed by atoms with Gasteiger partial charge in [0.2, 0.25) is 0 Å². The minimum atomic E-state index is -0.508. The van der Waals surface area contributed by atoms with Gasteiger partial charge in [0, 0.05) is 30.4 Å². The fourth-order valence-electron chi connectivity index (χ4n) is 3.76. The Kier molecular flexibility index (Phi) is 5.25. The van der Waals surface area contributed by atoms with E-state index >= 15 is 0 Å². The fraction of sp³-hybridized carbons (Fsp3) is 0.125. The predicted molar refractivity (Wildman–Crippen MR) is 122 cm³/mol. The summed E-state index contributed by atoms with van der Waals surface area (Å²) in [7, 11) is 4.60. The van der Waals surface area contributed by atoms with Crippen LogP contribution in [0.4, 0.5) is 4.39 Å². The molecule has 0 saturated heterocycles. The SMILES string of the molecule is COC(=O)c1cc(OC)c2nc(-c3cccc(-c4ccc(F)cc4-c4nncn4C)c3)nn2c1. The maximum Gasteiger partial charge on any atom is 0.339 e. The number of aromatic nitrogens is 6. The lowest BCUT2D eigenvalue weighted by atomic mass is 9.97. The molecule has 0 N–H and O–H groups in total. The molecule has 0 radical (unpaired) electrons. The van der Waals surface area contributed by atoms with Gasteiger partial charge in [-0.1, -0.05) is 24.3 Å². The number of benzene rings is 2. The first-order valence-electron chi connectivity index (χ1n) is 10.3. The second-order valence-corrected chi connectivity index (χ2v) is 7.53. The van der Waals surface area contributed by atoms with Crippen LogP contribution < -0.4 is 4.74 Å². The average molecular weight is 458 g/mol. The van der Waals surface area contributed by atoms with Gasteiger partial charge >= 0.3 is 5.97 Å². The predicted octanol–water partition coefficient (Wildman–Crippen LogP) is 3.79. The molecular formula is C24H19FN6O3. The van der Waals surface area contributed by atoms with Crippen LogP contribution in [0.5, 0.6) is 5.75 Å². The highest BCUT2D eigenvalue weighted by atomic mass is 19.1. The van der Waals surface area contributed by atoms with E-state index in [0.717, 1.165) is 16.7 Å². The summed E-state index contributed by atoms with van der Waals surface area (Å²) in [5, 5.41) is 12.6. The number of hydrogen-bond acceptors (Lipinski definition) is 7. The minimum absolute atomic E-state index is 0.289. The topological polar surface area (TPSA) is 96.4 Å². The maximum absolute atomic E-state index is 14.1. The van der Waals surface area contributed by atoms with Crippen LogP contribution in [-0.2, 0) is 11.8 Å². The molecule has 0 aliphatic carbocycles. The van der Waals surface area contributed by atoms with Gasteiger partial charge in [0.1, 0.15) is 12.1 Å². The maximum atomic E-state index is 14.1. The zero-order valence-corrected chi connectivity index (χ0v) is 18.6. The van der Waals surface area contributed by atoms with Crippen molar-refractivity contribution in [3.63, 3.8) is 0 Å². The van der Waals surface area contributed by atoms with Gasteiger partial charge in [-0.2, -0.15) is 0 Å². The molecular weight excluding hydrogens is 439 g/mol. The van der Waals surface area contributed by atoms with Gasteiger partial charge in [-0.25, -0.2) is 18.7 Å². The Bertz CT molecular complexity index is 1540. The molecule has 2 aromatic carbocycles. The van der Waals surface area contributed by atoms with Crippen molar-refractivity contribution in [3.05, 3.63) is 72.4 Å². The first-order valence-corrected chi connectivity index (χ1v) is 10.3. The number of pyridine rings is 1. The lowest BCUT2D eigenvalue weighted by Crippen LogP contribution is -2.04. The minimum Gasteiger partial charge on any atom is -0.493 e. The van der Waals surface area contributed by atoms with Gasteiger partial charge in [0.15, 0.2) is 23.0 Å². The molecule has 0 saturated carbocycles. The van der Waals surface area contributed by atoms with Crippen molar-refractivity contribution in [2.75, 3.05) is 14.2 Å². The summed E-state index contributed by atoms with van der Waals surface area (Å²) in [6.45, 7) is 0. The summed E-state index contributed by atoms with van der Waals surface area (Å²) >= 11 is 0. The number of fused-ring (bicyclic) bond motifs is 1. The molecule has 5 rings (SSSR count). The number of halogens is 1. The molecule has 10 heteroatoms. The van der Waals surface area contributed by atoms with Gasteiger partial charge in [-0.05, 0) is 29.3 Å². The van der Waals surface area contributed by atoms with Crippen LogP contribution in [0.25, 0.3) is 39.5 Å². The summed E-state index contributed by atoms with van der Waals surface area (Å²) in [5.74, 6) is 0.497. The molecule has 3 aromatic heterocycles. The number of hydrogen-bond donors (Lipinski definition) is 0. The average Bonchev–Trinajstić information content (AvgIpc) is 3.49. The van der Waals surface area contributed by atoms with E-state index in [0.29, 0.717) is 28.6 Å². The Morgan fingerprint density at radius 1 is 1.03 bits per heavy atom. The summed E-state index contributed by atoms with van der Waals surface area (Å²) in [6, 6.07) is 13.7. The zero-order chi connectivity index (χ0) is 23.8. The molecule has 170 valence electrons. The first-order chi connectivity index (χ1) is 16.5. The quantitative estimate of drug-likeness (QED) is 0.370. The third-order valence-corrected chi connectivity index (χ3v) is 5.41. The molecule has 9 nitrogen and oxygen atoms in total. The van der Waals surface area contributed by atoms with Crippen LogP contribution in [-0.4, -0.2) is 49.6 Å². The van der Waals surface area contributed by atoms with E-state index in [4.69, 9.17) is 9.47 Å². The van der Waals surface area contributed by atoms with Crippen LogP contribution in [0.2, 0.25) is 0 Å². The van der Waals surface area contributed by atoms with Crippen molar-refractivity contribution in [1.29, 1.82) is 0 Å². The Hall–Kier alpha value is -4.60. The van der Waals surface area contributed by atoms with E-state index in [1.165, 1.54) is 37.1 Å². The Balaban J connectivity index is 1.63. The van der Waals surface area contributed by atoms with E-state index in [1.807, 2.05) is 24.3 Å². The van der Waals surface area contributed by atoms with Crippen LogP contribution in [0.15, 0.2) is 61.1 Å². The molecule has 0 bridgehead atoms. The second-order valence-electron chi connectivity index (χ2n) is 7.53.